The Morgan fingerprint density at radius 3 is 2.22 bits per heavy atom. The van der Waals surface area contributed by atoms with Gasteiger partial charge in [-0.15, -0.1) is 0 Å². The fourth-order valence-electron chi connectivity index (χ4n) is 1.50. The molecule has 1 aromatic rings. The first kappa shape index (κ1) is 14.4. The normalized spacial score (nSPS) is 9.94. The number of rotatable bonds is 5. The number of thiocarbonyl (C=S) groups is 1. The average Bonchev–Trinajstić information content (AvgIpc) is 2.35. The summed E-state index contributed by atoms with van der Waals surface area (Å²) in [6.07, 6.45) is 0.549. The van der Waals surface area contributed by atoms with Gasteiger partial charge in [0.2, 0.25) is 0 Å². The molecule has 0 aliphatic rings. The number of amides is 1. The summed E-state index contributed by atoms with van der Waals surface area (Å²) in [4.78, 5) is 16.1. The molecule has 2 N–H and O–H groups in total. The highest BCUT2D eigenvalue weighted by Crippen LogP contribution is 2.13. The van der Waals surface area contributed by atoms with Crippen molar-refractivity contribution in [1.82, 2.24) is 4.90 Å². The molecule has 1 aromatic carbocycles. The van der Waals surface area contributed by atoms with Crippen LogP contribution in [0, 0.1) is 0 Å². The zero-order valence-electron chi connectivity index (χ0n) is 11.0. The van der Waals surface area contributed by atoms with Gasteiger partial charge in [0, 0.05) is 45.4 Å². The zero-order valence-corrected chi connectivity index (χ0v) is 11.8. The molecular formula is C13H19N3OS. The largest absolute Gasteiger partial charge is 0.393 e. The second-order valence-corrected chi connectivity index (χ2v) is 4.91. The standard InChI is InChI=1S/C13H19N3OS/c1-15(2)11-6-4-10(5-7-11)13(17)16(3)9-8-12(14)18/h4-7H,8-9H2,1-3H3,(H2,14,18). The zero-order chi connectivity index (χ0) is 13.7. The van der Waals surface area contributed by atoms with Crippen molar-refractivity contribution >= 4 is 28.8 Å². The maximum absolute atomic E-state index is 12.1. The SMILES string of the molecule is CN(CCC(N)=S)C(=O)c1ccc(N(C)C)cc1. The number of hydrogen-bond acceptors (Lipinski definition) is 3. The van der Waals surface area contributed by atoms with Gasteiger partial charge < -0.3 is 15.5 Å². The maximum atomic E-state index is 12.1. The van der Waals surface area contributed by atoms with Crippen LogP contribution in [0.15, 0.2) is 24.3 Å². The Morgan fingerprint density at radius 2 is 1.78 bits per heavy atom. The lowest BCUT2D eigenvalue weighted by Gasteiger charge is -2.18. The van der Waals surface area contributed by atoms with Crippen molar-refractivity contribution in [2.24, 2.45) is 5.73 Å². The van der Waals surface area contributed by atoms with Gasteiger partial charge in [-0.1, -0.05) is 12.2 Å². The molecule has 1 amide bonds. The summed E-state index contributed by atoms with van der Waals surface area (Å²) in [6.45, 7) is 0.545. The number of nitrogens with two attached hydrogens (primary N) is 1. The molecule has 98 valence electrons. The molecule has 4 nitrogen and oxygen atoms in total. The molecule has 1 rings (SSSR count). The van der Waals surface area contributed by atoms with Crippen LogP contribution >= 0.6 is 12.2 Å². The van der Waals surface area contributed by atoms with Gasteiger partial charge in [-0.05, 0) is 24.3 Å². The number of carbonyl (C=O) groups excluding carboxylic acids is 1. The minimum atomic E-state index is -0.0171. The molecule has 0 heterocycles. The lowest BCUT2D eigenvalue weighted by molar-refractivity contribution is 0.0799. The van der Waals surface area contributed by atoms with Crippen molar-refractivity contribution in [1.29, 1.82) is 0 Å². The van der Waals surface area contributed by atoms with Gasteiger partial charge >= 0.3 is 0 Å². The van der Waals surface area contributed by atoms with Crippen LogP contribution < -0.4 is 10.6 Å². The molecule has 0 aromatic heterocycles. The van der Waals surface area contributed by atoms with Gasteiger partial charge in [0.05, 0.1) is 4.99 Å². The molecule has 0 aliphatic heterocycles. The molecule has 0 spiro atoms. The average molecular weight is 265 g/mol. The summed E-state index contributed by atoms with van der Waals surface area (Å²) in [5, 5.41) is 0. The van der Waals surface area contributed by atoms with Gasteiger partial charge in [-0.3, -0.25) is 4.79 Å². The Morgan fingerprint density at radius 1 is 1.22 bits per heavy atom. The maximum Gasteiger partial charge on any atom is 0.253 e. The topological polar surface area (TPSA) is 49.6 Å². The molecule has 5 heteroatoms. The smallest absolute Gasteiger partial charge is 0.253 e. The van der Waals surface area contributed by atoms with Crippen LogP contribution in [0.4, 0.5) is 5.69 Å². The van der Waals surface area contributed by atoms with Gasteiger partial charge in [0.15, 0.2) is 0 Å². The predicted octanol–water partition coefficient (Wildman–Crippen LogP) is 1.50. The summed E-state index contributed by atoms with van der Waals surface area (Å²) in [7, 11) is 5.68. The third-order valence-corrected chi connectivity index (χ3v) is 2.88. The summed E-state index contributed by atoms with van der Waals surface area (Å²) in [5.41, 5.74) is 7.16. The van der Waals surface area contributed by atoms with E-state index in [0.717, 1.165) is 5.69 Å². The molecule has 18 heavy (non-hydrogen) atoms. The van der Waals surface area contributed by atoms with E-state index in [1.807, 2.05) is 43.3 Å². The van der Waals surface area contributed by atoms with Crippen LogP contribution in [-0.4, -0.2) is 43.5 Å². The lowest BCUT2D eigenvalue weighted by Crippen LogP contribution is -2.30. The molecule has 0 unspecified atom stereocenters. The molecular weight excluding hydrogens is 246 g/mol. The summed E-state index contributed by atoms with van der Waals surface area (Å²) >= 11 is 4.80. The van der Waals surface area contributed by atoms with E-state index in [0.29, 0.717) is 23.5 Å². The van der Waals surface area contributed by atoms with Crippen molar-refractivity contribution in [2.45, 2.75) is 6.42 Å². The quantitative estimate of drug-likeness (QED) is 0.820. The lowest BCUT2D eigenvalue weighted by atomic mass is 10.1. The second kappa shape index (κ2) is 6.35. The molecule has 0 atom stereocenters. The molecule has 0 radical (unpaired) electrons. The first-order chi connectivity index (χ1) is 8.41. The summed E-state index contributed by atoms with van der Waals surface area (Å²) in [6, 6.07) is 7.51. The monoisotopic (exact) mass is 265 g/mol. The first-order valence-electron chi connectivity index (χ1n) is 5.73. The van der Waals surface area contributed by atoms with Crippen LogP contribution in [-0.2, 0) is 0 Å². The van der Waals surface area contributed by atoms with Crippen molar-refractivity contribution in [3.63, 3.8) is 0 Å². The first-order valence-corrected chi connectivity index (χ1v) is 6.14. The Bertz CT molecular complexity index is 428. The molecule has 0 bridgehead atoms. The van der Waals surface area contributed by atoms with Crippen LogP contribution in [0.5, 0.6) is 0 Å². The minimum absolute atomic E-state index is 0.0171. The third-order valence-electron chi connectivity index (χ3n) is 2.67. The van der Waals surface area contributed by atoms with E-state index in [4.69, 9.17) is 18.0 Å². The minimum Gasteiger partial charge on any atom is -0.393 e. The van der Waals surface area contributed by atoms with E-state index in [9.17, 15) is 4.79 Å². The number of carbonyl (C=O) groups is 1. The van der Waals surface area contributed by atoms with E-state index in [1.54, 1.807) is 11.9 Å². The van der Waals surface area contributed by atoms with E-state index < -0.39 is 0 Å². The molecule has 0 saturated heterocycles. The Balaban J connectivity index is 2.68. The number of hydrogen-bond donors (Lipinski definition) is 1. The summed E-state index contributed by atoms with van der Waals surface area (Å²) in [5.74, 6) is -0.0171. The third kappa shape index (κ3) is 4.00. The van der Waals surface area contributed by atoms with Gasteiger partial charge in [0.25, 0.3) is 5.91 Å². The van der Waals surface area contributed by atoms with Crippen LogP contribution in [0.3, 0.4) is 0 Å². The molecule has 0 saturated carbocycles. The Labute approximate surface area is 113 Å². The highest BCUT2D eigenvalue weighted by Gasteiger charge is 2.11. The van der Waals surface area contributed by atoms with Gasteiger partial charge in [-0.25, -0.2) is 0 Å². The fourth-order valence-corrected chi connectivity index (χ4v) is 1.59. The van der Waals surface area contributed by atoms with Crippen LogP contribution in [0.2, 0.25) is 0 Å². The molecule has 0 aliphatic carbocycles. The van der Waals surface area contributed by atoms with E-state index in [-0.39, 0.29) is 5.91 Å². The van der Waals surface area contributed by atoms with E-state index >= 15 is 0 Å². The number of anilines is 1. The van der Waals surface area contributed by atoms with Crippen molar-refractivity contribution in [2.75, 3.05) is 32.6 Å². The molecule has 0 fully saturated rings. The Kier molecular flexibility index (Phi) is 5.09. The van der Waals surface area contributed by atoms with Crippen molar-refractivity contribution in [3.8, 4) is 0 Å². The predicted molar refractivity (Wildman–Crippen MR) is 79.1 cm³/mol. The van der Waals surface area contributed by atoms with Crippen molar-refractivity contribution in [3.05, 3.63) is 29.8 Å². The van der Waals surface area contributed by atoms with Crippen LogP contribution in [0.25, 0.3) is 0 Å². The van der Waals surface area contributed by atoms with Crippen molar-refractivity contribution < 1.29 is 4.79 Å². The summed E-state index contributed by atoms with van der Waals surface area (Å²) < 4.78 is 0. The second-order valence-electron chi connectivity index (χ2n) is 4.38. The number of nitrogens with zero attached hydrogens (tertiary/aromatic N) is 2. The van der Waals surface area contributed by atoms with Gasteiger partial charge in [-0.2, -0.15) is 0 Å². The highest BCUT2D eigenvalue weighted by molar-refractivity contribution is 7.80. The van der Waals surface area contributed by atoms with E-state index in [1.165, 1.54) is 0 Å². The van der Waals surface area contributed by atoms with Gasteiger partial charge in [0.1, 0.15) is 0 Å². The highest BCUT2D eigenvalue weighted by atomic mass is 32.1. The van der Waals surface area contributed by atoms with E-state index in [2.05, 4.69) is 0 Å². The fraction of sp³-hybridized carbons (Fsp3) is 0.385. The Hall–Kier alpha value is -1.62. The number of benzene rings is 1. The van der Waals surface area contributed by atoms with Crippen LogP contribution in [0.1, 0.15) is 16.8 Å².